The number of nitro groups is 1. The third kappa shape index (κ3) is 4.01. The van der Waals surface area contributed by atoms with Gasteiger partial charge >= 0.3 is 0 Å². The largest absolute Gasteiger partial charge is 0.380 e. The average molecular weight is 410 g/mol. The van der Waals surface area contributed by atoms with Crippen LogP contribution in [0.25, 0.3) is 0 Å². The highest BCUT2D eigenvalue weighted by Crippen LogP contribution is 2.33. The first kappa shape index (κ1) is 16.4. The molecule has 0 aliphatic heterocycles. The van der Waals surface area contributed by atoms with Crippen molar-refractivity contribution in [3.05, 3.63) is 65.6 Å². The summed E-state index contributed by atoms with van der Waals surface area (Å²) in [5.74, 6) is 0. The number of nitrogens with zero attached hydrogens (tertiary/aromatic N) is 1. The average Bonchev–Trinajstić information content (AvgIpc) is 2.42. The molecule has 0 atom stereocenters. The van der Waals surface area contributed by atoms with Gasteiger partial charge in [-0.15, -0.1) is 0 Å². The Bertz CT molecular complexity index is 710. The summed E-state index contributed by atoms with van der Waals surface area (Å²) in [6, 6.07) is 7.75. The van der Waals surface area contributed by atoms with Gasteiger partial charge in [0, 0.05) is 23.2 Å². The van der Waals surface area contributed by atoms with Crippen LogP contribution in [0.1, 0.15) is 5.56 Å². The van der Waals surface area contributed by atoms with Crippen molar-refractivity contribution in [1.82, 2.24) is 0 Å². The highest BCUT2D eigenvalue weighted by atomic mass is 79.9. The summed E-state index contributed by atoms with van der Waals surface area (Å²) < 4.78 is 0.639. The van der Waals surface area contributed by atoms with Crippen LogP contribution in [0.3, 0.4) is 0 Å². The number of non-ortho nitro benzene ring substituents is 1. The van der Waals surface area contributed by atoms with Crippen LogP contribution in [0, 0.1) is 10.1 Å². The lowest BCUT2D eigenvalue weighted by Crippen LogP contribution is -2.01. The fourth-order valence-corrected chi connectivity index (χ4v) is 2.76. The third-order valence-corrected chi connectivity index (χ3v) is 4.50. The predicted molar refractivity (Wildman–Crippen MR) is 89.6 cm³/mol. The van der Waals surface area contributed by atoms with Gasteiger partial charge in [-0.25, -0.2) is 0 Å². The highest BCUT2D eigenvalue weighted by molar-refractivity contribution is 9.10. The zero-order valence-corrected chi connectivity index (χ0v) is 14.2. The van der Waals surface area contributed by atoms with Crippen molar-refractivity contribution in [2.75, 3.05) is 5.32 Å². The molecule has 0 amide bonds. The Balaban J connectivity index is 2.17. The Hall–Kier alpha value is -1.01. The van der Waals surface area contributed by atoms with Crippen molar-refractivity contribution in [3.8, 4) is 0 Å². The zero-order chi connectivity index (χ0) is 15.6. The molecule has 0 bridgehead atoms. The number of benzene rings is 2. The first-order valence-electron chi connectivity index (χ1n) is 5.69. The van der Waals surface area contributed by atoms with E-state index in [0.717, 1.165) is 5.56 Å². The van der Waals surface area contributed by atoms with E-state index >= 15 is 0 Å². The van der Waals surface area contributed by atoms with E-state index in [-0.39, 0.29) is 5.69 Å². The molecule has 0 saturated carbocycles. The Kier molecular flexibility index (Phi) is 5.32. The number of anilines is 1. The van der Waals surface area contributed by atoms with E-state index < -0.39 is 4.92 Å². The summed E-state index contributed by atoms with van der Waals surface area (Å²) in [5.41, 5.74) is 1.51. The van der Waals surface area contributed by atoms with E-state index in [1.165, 1.54) is 12.1 Å². The van der Waals surface area contributed by atoms with Crippen molar-refractivity contribution in [2.24, 2.45) is 0 Å². The Morgan fingerprint density at radius 1 is 1.10 bits per heavy atom. The molecule has 0 aliphatic rings. The normalized spacial score (nSPS) is 10.5. The number of hydrogen-bond acceptors (Lipinski definition) is 3. The lowest BCUT2D eigenvalue weighted by molar-refractivity contribution is -0.384. The quantitative estimate of drug-likeness (QED) is 0.386. The molecule has 21 heavy (non-hydrogen) atoms. The maximum atomic E-state index is 10.7. The van der Waals surface area contributed by atoms with Gasteiger partial charge in [0.05, 0.1) is 25.7 Å². The molecule has 110 valence electrons. The molecule has 0 fully saturated rings. The molecular formula is C13H8BrCl3N2O2. The molecule has 0 aromatic heterocycles. The van der Waals surface area contributed by atoms with Crippen LogP contribution >= 0.6 is 50.7 Å². The van der Waals surface area contributed by atoms with E-state index in [1.807, 2.05) is 0 Å². The SMILES string of the molecule is O=[N+]([O-])c1ccc(CNc2cc(Cl)c(Cl)cc2Cl)c(Br)c1. The summed E-state index contributed by atoms with van der Waals surface area (Å²) >= 11 is 21.2. The number of rotatable bonds is 4. The maximum Gasteiger partial charge on any atom is 0.270 e. The second-order valence-electron chi connectivity index (χ2n) is 4.13. The van der Waals surface area contributed by atoms with E-state index in [2.05, 4.69) is 21.2 Å². The Morgan fingerprint density at radius 2 is 1.76 bits per heavy atom. The third-order valence-electron chi connectivity index (χ3n) is 2.73. The molecule has 2 aromatic carbocycles. The summed E-state index contributed by atoms with van der Waals surface area (Å²) in [4.78, 5) is 10.2. The van der Waals surface area contributed by atoms with Crippen LogP contribution in [0.15, 0.2) is 34.8 Å². The fourth-order valence-electron chi connectivity index (χ4n) is 1.64. The van der Waals surface area contributed by atoms with Crippen molar-refractivity contribution in [2.45, 2.75) is 6.54 Å². The summed E-state index contributed by atoms with van der Waals surface area (Å²) in [5, 5.41) is 15.0. The van der Waals surface area contributed by atoms with Crippen LogP contribution in [-0.2, 0) is 6.54 Å². The van der Waals surface area contributed by atoms with Crippen molar-refractivity contribution in [3.63, 3.8) is 0 Å². The first-order chi connectivity index (χ1) is 9.88. The molecule has 4 nitrogen and oxygen atoms in total. The minimum absolute atomic E-state index is 0.0261. The highest BCUT2D eigenvalue weighted by Gasteiger charge is 2.10. The van der Waals surface area contributed by atoms with Gasteiger partial charge in [0.1, 0.15) is 0 Å². The van der Waals surface area contributed by atoms with Crippen molar-refractivity contribution in [1.29, 1.82) is 0 Å². The monoisotopic (exact) mass is 408 g/mol. The Labute approximate surface area is 144 Å². The second kappa shape index (κ2) is 6.83. The van der Waals surface area contributed by atoms with Crippen LogP contribution in [0.5, 0.6) is 0 Å². The molecule has 2 aromatic rings. The Morgan fingerprint density at radius 3 is 2.38 bits per heavy atom. The van der Waals surface area contributed by atoms with Gasteiger partial charge in [0.15, 0.2) is 0 Å². The van der Waals surface area contributed by atoms with Gasteiger partial charge in [-0.05, 0) is 23.8 Å². The number of halogens is 4. The topological polar surface area (TPSA) is 55.2 Å². The van der Waals surface area contributed by atoms with Crippen LogP contribution < -0.4 is 5.32 Å². The molecule has 0 radical (unpaired) electrons. The van der Waals surface area contributed by atoms with Crippen molar-refractivity contribution < 1.29 is 4.92 Å². The second-order valence-corrected chi connectivity index (χ2v) is 6.21. The lowest BCUT2D eigenvalue weighted by Gasteiger charge is -2.11. The van der Waals surface area contributed by atoms with E-state index in [9.17, 15) is 10.1 Å². The lowest BCUT2D eigenvalue weighted by atomic mass is 10.2. The van der Waals surface area contributed by atoms with Gasteiger partial charge in [-0.2, -0.15) is 0 Å². The van der Waals surface area contributed by atoms with Gasteiger partial charge in [0.25, 0.3) is 5.69 Å². The molecular weight excluding hydrogens is 402 g/mol. The summed E-state index contributed by atoms with van der Waals surface area (Å²) in [6.07, 6.45) is 0. The number of nitrogens with one attached hydrogen (secondary N) is 1. The molecule has 8 heteroatoms. The molecule has 0 spiro atoms. The van der Waals surface area contributed by atoms with Gasteiger partial charge in [0.2, 0.25) is 0 Å². The molecule has 0 saturated heterocycles. The molecule has 0 unspecified atom stereocenters. The van der Waals surface area contributed by atoms with Gasteiger partial charge in [-0.3, -0.25) is 10.1 Å². The van der Waals surface area contributed by atoms with E-state index in [0.29, 0.717) is 31.8 Å². The molecule has 0 heterocycles. The summed E-state index contributed by atoms with van der Waals surface area (Å²) in [7, 11) is 0. The van der Waals surface area contributed by atoms with Crippen LogP contribution in [0.2, 0.25) is 15.1 Å². The minimum Gasteiger partial charge on any atom is -0.380 e. The van der Waals surface area contributed by atoms with Crippen molar-refractivity contribution >= 4 is 62.1 Å². The molecule has 2 rings (SSSR count). The van der Waals surface area contributed by atoms with Gasteiger partial charge in [-0.1, -0.05) is 50.7 Å². The number of hydrogen-bond donors (Lipinski definition) is 1. The maximum absolute atomic E-state index is 10.7. The van der Waals surface area contributed by atoms with E-state index in [1.54, 1.807) is 18.2 Å². The van der Waals surface area contributed by atoms with E-state index in [4.69, 9.17) is 34.8 Å². The van der Waals surface area contributed by atoms with Crippen LogP contribution in [0.4, 0.5) is 11.4 Å². The molecule has 1 N–H and O–H groups in total. The summed E-state index contributed by atoms with van der Waals surface area (Å²) in [6.45, 7) is 0.427. The van der Waals surface area contributed by atoms with Crippen LogP contribution in [-0.4, -0.2) is 4.92 Å². The zero-order valence-electron chi connectivity index (χ0n) is 10.4. The predicted octanol–water partition coefficient (Wildman–Crippen LogP) is 5.93. The first-order valence-corrected chi connectivity index (χ1v) is 7.62. The van der Waals surface area contributed by atoms with Gasteiger partial charge < -0.3 is 5.32 Å². The molecule has 0 aliphatic carbocycles. The fraction of sp³-hybridized carbons (Fsp3) is 0.0769. The minimum atomic E-state index is -0.447. The number of nitro benzene ring substituents is 1. The smallest absolute Gasteiger partial charge is 0.270 e. The standard InChI is InChI=1S/C13H8BrCl3N2O2/c14-9-3-8(19(20)21)2-1-7(9)6-18-13-5-11(16)10(15)4-12(13)17/h1-5,18H,6H2.